The first-order valence-corrected chi connectivity index (χ1v) is 11.5. The maximum absolute atomic E-state index is 13.0. The number of para-hydroxylation sites is 1. The van der Waals surface area contributed by atoms with E-state index >= 15 is 0 Å². The minimum atomic E-state index is 0.0424. The minimum absolute atomic E-state index is 0.0424. The van der Waals surface area contributed by atoms with E-state index in [1.807, 2.05) is 43.0 Å². The molecule has 4 rings (SSSR count). The lowest BCUT2D eigenvalue weighted by atomic mass is 9.95. The lowest BCUT2D eigenvalue weighted by Crippen LogP contribution is -2.40. The molecule has 2 aliphatic rings. The summed E-state index contributed by atoms with van der Waals surface area (Å²) in [6.45, 7) is 5.27. The maximum Gasteiger partial charge on any atom is 0.227 e. The number of amides is 2. The quantitative estimate of drug-likeness (QED) is 0.722. The summed E-state index contributed by atoms with van der Waals surface area (Å²) >= 11 is 0. The highest BCUT2D eigenvalue weighted by Crippen LogP contribution is 2.27. The van der Waals surface area contributed by atoms with Crippen LogP contribution in [0.4, 0.5) is 0 Å². The number of nitrogens with one attached hydrogen (secondary N) is 1. The van der Waals surface area contributed by atoms with E-state index < -0.39 is 0 Å². The average Bonchev–Trinajstić information content (AvgIpc) is 3.60. The standard InChI is InChI=1S/C25H32N4O3/c1-16-21(14-23(30)28-20-10-11-20)17(2)27-25(26-16)19-8-6-12-29(15-19)24(31)13-18-7-4-5-9-22(18)32-3/h4-5,7,9,19-20H,6,8,10-15H2,1-3H3,(H,28,30)/t19-/m0/s1. The van der Waals surface area contributed by atoms with Crippen molar-refractivity contribution in [2.75, 3.05) is 20.2 Å². The summed E-state index contributed by atoms with van der Waals surface area (Å²) in [5, 5.41) is 3.03. The van der Waals surface area contributed by atoms with Gasteiger partial charge in [0.25, 0.3) is 0 Å². The van der Waals surface area contributed by atoms with Crippen LogP contribution in [0.15, 0.2) is 24.3 Å². The molecule has 2 heterocycles. The van der Waals surface area contributed by atoms with E-state index in [0.29, 0.717) is 25.4 Å². The zero-order valence-corrected chi connectivity index (χ0v) is 19.2. The highest BCUT2D eigenvalue weighted by atomic mass is 16.5. The summed E-state index contributed by atoms with van der Waals surface area (Å²) in [7, 11) is 1.63. The Kier molecular flexibility index (Phi) is 6.72. The molecule has 1 aliphatic carbocycles. The molecule has 1 aromatic heterocycles. The molecular weight excluding hydrogens is 404 g/mol. The van der Waals surface area contributed by atoms with Crippen LogP contribution >= 0.6 is 0 Å². The summed E-state index contributed by atoms with van der Waals surface area (Å²) in [6.07, 6.45) is 4.68. The fourth-order valence-electron chi connectivity index (χ4n) is 4.41. The molecule has 1 aliphatic heterocycles. The monoisotopic (exact) mass is 436 g/mol. The van der Waals surface area contributed by atoms with Crippen molar-refractivity contribution < 1.29 is 14.3 Å². The molecule has 7 nitrogen and oxygen atoms in total. The second-order valence-electron chi connectivity index (χ2n) is 8.92. The Balaban J connectivity index is 1.43. The molecule has 0 bridgehead atoms. The number of aryl methyl sites for hydroxylation is 2. The summed E-state index contributed by atoms with van der Waals surface area (Å²) < 4.78 is 5.39. The molecule has 2 amide bonds. The SMILES string of the molecule is COc1ccccc1CC(=O)N1CCC[C@H](c2nc(C)c(CC(=O)NC3CC3)c(C)n2)C1. The van der Waals surface area contributed by atoms with Gasteiger partial charge in [0.2, 0.25) is 11.8 Å². The third kappa shape index (κ3) is 5.26. The fraction of sp³-hybridized carbons (Fsp3) is 0.520. The van der Waals surface area contributed by atoms with Crippen LogP contribution in [-0.2, 0) is 22.4 Å². The Bertz CT molecular complexity index is 979. The predicted octanol–water partition coefficient (Wildman–Crippen LogP) is 2.87. The van der Waals surface area contributed by atoms with Crippen LogP contribution in [-0.4, -0.2) is 52.9 Å². The number of aromatic nitrogens is 2. The number of nitrogens with zero attached hydrogens (tertiary/aromatic N) is 3. The second-order valence-corrected chi connectivity index (χ2v) is 8.92. The number of ether oxygens (including phenoxy) is 1. The van der Waals surface area contributed by atoms with Crippen molar-refractivity contribution in [3.8, 4) is 5.75 Å². The van der Waals surface area contributed by atoms with Crippen LogP contribution < -0.4 is 10.1 Å². The molecule has 7 heteroatoms. The van der Waals surface area contributed by atoms with E-state index in [4.69, 9.17) is 14.7 Å². The molecule has 170 valence electrons. The van der Waals surface area contributed by atoms with Gasteiger partial charge in [-0.05, 0) is 45.6 Å². The van der Waals surface area contributed by atoms with Gasteiger partial charge in [0.1, 0.15) is 11.6 Å². The number of methoxy groups -OCH3 is 1. The Morgan fingerprint density at radius 2 is 1.81 bits per heavy atom. The summed E-state index contributed by atoms with van der Waals surface area (Å²) in [5.41, 5.74) is 3.53. The molecule has 32 heavy (non-hydrogen) atoms. The number of hydrogen-bond acceptors (Lipinski definition) is 5. The number of likely N-dealkylation sites (tertiary alicyclic amines) is 1. The molecular formula is C25H32N4O3. The molecule has 2 fully saturated rings. The van der Waals surface area contributed by atoms with E-state index in [1.165, 1.54) is 0 Å². The summed E-state index contributed by atoms with van der Waals surface area (Å²) in [4.78, 5) is 36.7. The van der Waals surface area contributed by atoms with Gasteiger partial charge in [-0.25, -0.2) is 9.97 Å². The highest BCUT2D eigenvalue weighted by Gasteiger charge is 2.28. The largest absolute Gasteiger partial charge is 0.496 e. The smallest absolute Gasteiger partial charge is 0.227 e. The van der Waals surface area contributed by atoms with E-state index in [1.54, 1.807) is 7.11 Å². The number of carbonyl (C=O) groups is 2. The van der Waals surface area contributed by atoms with Crippen molar-refractivity contribution in [1.82, 2.24) is 20.2 Å². The maximum atomic E-state index is 13.0. The first-order valence-electron chi connectivity index (χ1n) is 11.5. The van der Waals surface area contributed by atoms with Crippen LogP contribution in [0.1, 0.15) is 59.9 Å². The molecule has 1 atom stereocenters. The van der Waals surface area contributed by atoms with Gasteiger partial charge in [0.05, 0.1) is 20.0 Å². The van der Waals surface area contributed by atoms with Crippen molar-refractivity contribution in [3.05, 3.63) is 52.6 Å². The third-order valence-corrected chi connectivity index (χ3v) is 6.39. The number of piperidine rings is 1. The van der Waals surface area contributed by atoms with E-state index in [0.717, 1.165) is 66.3 Å². The van der Waals surface area contributed by atoms with E-state index in [9.17, 15) is 9.59 Å². The number of hydrogen-bond donors (Lipinski definition) is 1. The topological polar surface area (TPSA) is 84.4 Å². The Morgan fingerprint density at radius 1 is 1.09 bits per heavy atom. The zero-order valence-electron chi connectivity index (χ0n) is 19.2. The van der Waals surface area contributed by atoms with Gasteiger partial charge in [0.15, 0.2) is 0 Å². The van der Waals surface area contributed by atoms with Gasteiger partial charge in [-0.3, -0.25) is 9.59 Å². The normalized spacial score (nSPS) is 18.3. The molecule has 0 spiro atoms. The molecule has 1 saturated carbocycles. The van der Waals surface area contributed by atoms with Crippen LogP contribution in [0.2, 0.25) is 0 Å². The molecule has 0 radical (unpaired) electrons. The molecule has 1 N–H and O–H groups in total. The fourth-order valence-corrected chi connectivity index (χ4v) is 4.41. The Labute approximate surface area is 189 Å². The van der Waals surface area contributed by atoms with Gasteiger partial charge in [0, 0.05) is 47.6 Å². The van der Waals surface area contributed by atoms with Crippen LogP contribution in [0.5, 0.6) is 5.75 Å². The van der Waals surface area contributed by atoms with Crippen LogP contribution in [0.25, 0.3) is 0 Å². The van der Waals surface area contributed by atoms with Gasteiger partial charge in [-0.15, -0.1) is 0 Å². The van der Waals surface area contributed by atoms with Crippen molar-refractivity contribution >= 4 is 11.8 Å². The van der Waals surface area contributed by atoms with Crippen molar-refractivity contribution in [1.29, 1.82) is 0 Å². The van der Waals surface area contributed by atoms with Gasteiger partial charge >= 0.3 is 0 Å². The lowest BCUT2D eigenvalue weighted by Gasteiger charge is -2.32. The zero-order chi connectivity index (χ0) is 22.7. The van der Waals surface area contributed by atoms with Gasteiger partial charge in [-0.1, -0.05) is 18.2 Å². The summed E-state index contributed by atoms with van der Waals surface area (Å²) in [6, 6.07) is 8.01. The first-order chi connectivity index (χ1) is 15.4. The number of benzene rings is 1. The van der Waals surface area contributed by atoms with Gasteiger partial charge in [-0.2, -0.15) is 0 Å². The van der Waals surface area contributed by atoms with Crippen molar-refractivity contribution in [3.63, 3.8) is 0 Å². The molecule has 2 aromatic rings. The Hall–Kier alpha value is -2.96. The summed E-state index contributed by atoms with van der Waals surface area (Å²) in [5.74, 6) is 1.77. The van der Waals surface area contributed by atoms with Crippen LogP contribution in [0.3, 0.4) is 0 Å². The van der Waals surface area contributed by atoms with E-state index in [-0.39, 0.29) is 17.7 Å². The first kappa shape index (κ1) is 22.2. The number of rotatable bonds is 7. The molecule has 1 aromatic carbocycles. The van der Waals surface area contributed by atoms with E-state index in [2.05, 4.69) is 5.32 Å². The number of carbonyl (C=O) groups excluding carboxylic acids is 2. The van der Waals surface area contributed by atoms with Crippen molar-refractivity contribution in [2.24, 2.45) is 0 Å². The van der Waals surface area contributed by atoms with Crippen molar-refractivity contribution in [2.45, 2.75) is 64.3 Å². The highest BCUT2D eigenvalue weighted by molar-refractivity contribution is 5.80. The van der Waals surface area contributed by atoms with Gasteiger partial charge < -0.3 is 15.0 Å². The lowest BCUT2D eigenvalue weighted by molar-refractivity contribution is -0.131. The molecule has 0 unspecified atom stereocenters. The van der Waals surface area contributed by atoms with Crippen LogP contribution in [0, 0.1) is 13.8 Å². The predicted molar refractivity (Wildman–Crippen MR) is 122 cm³/mol. The second kappa shape index (κ2) is 9.67. The average molecular weight is 437 g/mol. The Morgan fingerprint density at radius 3 is 2.50 bits per heavy atom. The molecule has 1 saturated heterocycles. The minimum Gasteiger partial charge on any atom is -0.496 e. The third-order valence-electron chi connectivity index (χ3n) is 6.39.